The van der Waals surface area contributed by atoms with Crippen molar-refractivity contribution in [3.8, 4) is 0 Å². The van der Waals surface area contributed by atoms with Crippen LogP contribution in [0.3, 0.4) is 0 Å². The van der Waals surface area contributed by atoms with E-state index in [1.807, 2.05) is 0 Å². The molecule has 0 bridgehead atoms. The lowest BCUT2D eigenvalue weighted by molar-refractivity contribution is -0.537. The van der Waals surface area contributed by atoms with Crippen LogP contribution in [0, 0.1) is 16.2 Å². The van der Waals surface area contributed by atoms with E-state index in [-0.39, 0.29) is 0 Å². The normalized spacial score (nSPS) is 27.3. The molecule has 1 aliphatic rings. The van der Waals surface area contributed by atoms with Crippen LogP contribution >= 0.6 is 0 Å². The summed E-state index contributed by atoms with van der Waals surface area (Å²) in [6.45, 7) is 0. The summed E-state index contributed by atoms with van der Waals surface area (Å²) >= 11 is 0. The lowest BCUT2D eigenvalue weighted by Gasteiger charge is -2.55. The molecule has 0 aliphatic heterocycles. The minimum absolute atomic E-state index is 9.28. The fraction of sp³-hybridized carbons (Fsp3) is 1.00. The first kappa shape index (κ1) is 32.3. The summed E-state index contributed by atoms with van der Waals surface area (Å²) < 4.78 is 324. The van der Waals surface area contributed by atoms with Crippen LogP contribution in [-0.2, 0) is 0 Å². The standard InChI is InChI=1S/C12F24/c13-4(12(34,35)36)2(8(22,23)24,9(25,26)27)1(6(16,17)18,7(19,20)21)3(5(4,14)15,10(28,29)30)11(31,32)33. The van der Waals surface area contributed by atoms with Crippen molar-refractivity contribution < 1.29 is 105 Å². The average molecular weight is 600 g/mol. The number of halogens is 24. The Kier molecular flexibility index (Phi) is 6.32. The molecule has 24 heteroatoms. The molecule has 36 heavy (non-hydrogen) atoms. The van der Waals surface area contributed by atoms with Gasteiger partial charge in [0.1, 0.15) is 0 Å². The molecule has 1 unspecified atom stereocenters. The van der Waals surface area contributed by atoms with Crippen LogP contribution in [0.15, 0.2) is 0 Å². The van der Waals surface area contributed by atoms with Crippen LogP contribution in [0.25, 0.3) is 0 Å². The molecule has 0 nitrogen and oxygen atoms in total. The number of hydrogen-bond acceptors (Lipinski definition) is 0. The first-order valence-corrected chi connectivity index (χ1v) is 7.54. The smallest absolute Gasteiger partial charge is 0.226 e. The molecule has 0 amide bonds. The van der Waals surface area contributed by atoms with Crippen molar-refractivity contribution in [1.82, 2.24) is 0 Å². The molecule has 1 rings (SSSR count). The fourth-order valence-corrected chi connectivity index (χ4v) is 4.59. The van der Waals surface area contributed by atoms with Crippen LogP contribution in [0.1, 0.15) is 0 Å². The number of hydrogen-bond donors (Lipinski definition) is 0. The van der Waals surface area contributed by atoms with Gasteiger partial charge in [0.15, 0.2) is 0 Å². The molecule has 0 radical (unpaired) electrons. The van der Waals surface area contributed by atoms with Gasteiger partial charge in [-0.3, -0.25) is 0 Å². The third-order valence-corrected chi connectivity index (χ3v) is 5.49. The Balaban J connectivity index is 5.38. The van der Waals surface area contributed by atoms with E-state index < -0.39 is 71.1 Å². The summed E-state index contributed by atoms with van der Waals surface area (Å²) in [7, 11) is 0. The van der Waals surface area contributed by atoms with E-state index in [1.165, 1.54) is 0 Å². The van der Waals surface area contributed by atoms with Gasteiger partial charge in [0, 0.05) is 0 Å². The topological polar surface area (TPSA) is 0 Å². The predicted molar refractivity (Wildman–Crippen MR) is 58.5 cm³/mol. The summed E-state index contributed by atoms with van der Waals surface area (Å²) in [4.78, 5) is 0. The van der Waals surface area contributed by atoms with E-state index in [0.717, 1.165) is 0 Å². The van der Waals surface area contributed by atoms with Gasteiger partial charge in [0.05, 0.1) is 0 Å². The largest absolute Gasteiger partial charge is 0.429 e. The highest BCUT2D eigenvalue weighted by atomic mass is 19.5. The summed E-state index contributed by atoms with van der Waals surface area (Å²) in [6, 6.07) is 0. The van der Waals surface area contributed by atoms with Gasteiger partial charge in [-0.1, -0.05) is 0 Å². The molecule has 0 aromatic carbocycles. The molecule has 1 fully saturated rings. The van der Waals surface area contributed by atoms with E-state index in [2.05, 4.69) is 0 Å². The predicted octanol–water partition coefficient (Wildman–Crippen LogP) is 8.24. The number of alkyl halides is 24. The van der Waals surface area contributed by atoms with Gasteiger partial charge in [0.2, 0.25) is 10.8 Å². The molecule has 216 valence electrons. The Bertz CT molecular complexity index is 803. The van der Waals surface area contributed by atoms with E-state index in [0.29, 0.717) is 0 Å². The Morgan fingerprint density at radius 1 is 0.250 bits per heavy atom. The second kappa shape index (κ2) is 7.04. The molecular weight excluding hydrogens is 600 g/mol. The highest BCUT2D eigenvalue weighted by Crippen LogP contribution is 2.93. The third-order valence-electron chi connectivity index (χ3n) is 5.49. The summed E-state index contributed by atoms with van der Waals surface area (Å²) in [5.74, 6) is -9.91. The number of rotatable bonds is 0. The summed E-state index contributed by atoms with van der Waals surface area (Å²) in [6.07, 6.45) is -66.8. The zero-order valence-corrected chi connectivity index (χ0v) is 15.1. The summed E-state index contributed by atoms with van der Waals surface area (Å²) in [5, 5.41) is 0. The van der Waals surface area contributed by atoms with E-state index in [9.17, 15) is 105 Å². The highest BCUT2D eigenvalue weighted by molar-refractivity contribution is 5.42. The van der Waals surface area contributed by atoms with Crippen molar-refractivity contribution in [3.05, 3.63) is 0 Å². The molecule has 0 saturated heterocycles. The maximum absolute atomic E-state index is 14.7. The minimum Gasteiger partial charge on any atom is -0.226 e. The average Bonchev–Trinajstić information content (AvgIpc) is 2.61. The molecule has 1 aliphatic carbocycles. The molecule has 0 N–H and O–H groups in total. The van der Waals surface area contributed by atoms with Gasteiger partial charge < -0.3 is 0 Å². The van der Waals surface area contributed by atoms with Gasteiger partial charge in [0.25, 0.3) is 11.1 Å². The van der Waals surface area contributed by atoms with E-state index in [1.54, 1.807) is 0 Å². The van der Waals surface area contributed by atoms with Gasteiger partial charge in [-0.05, 0) is 0 Å². The van der Waals surface area contributed by atoms with Crippen LogP contribution < -0.4 is 0 Å². The minimum atomic E-state index is -10.4. The van der Waals surface area contributed by atoms with Crippen molar-refractivity contribution in [2.75, 3.05) is 0 Å². The highest BCUT2D eigenvalue weighted by Gasteiger charge is 3.21. The van der Waals surface area contributed by atoms with Crippen molar-refractivity contribution in [1.29, 1.82) is 0 Å². The SMILES string of the molecule is FC(F)(F)C1(F)C(F)(F)C(C(F)(F)F)(C(F)(F)F)C(C(F)(F)F)(C(F)(F)F)C1(C(F)(F)F)C(F)(F)F. The monoisotopic (exact) mass is 600 g/mol. The van der Waals surface area contributed by atoms with Crippen LogP contribution in [-0.4, -0.2) is 54.8 Å². The van der Waals surface area contributed by atoms with Gasteiger partial charge >= 0.3 is 49.2 Å². The Hall–Kier alpha value is -1.68. The second-order valence-electron chi connectivity index (χ2n) is 6.97. The lowest BCUT2D eigenvalue weighted by Crippen LogP contribution is -2.80. The van der Waals surface area contributed by atoms with Crippen molar-refractivity contribution in [2.24, 2.45) is 16.2 Å². The lowest BCUT2D eigenvalue weighted by atomic mass is 9.51. The molecule has 0 spiro atoms. The fourth-order valence-electron chi connectivity index (χ4n) is 4.59. The summed E-state index contributed by atoms with van der Waals surface area (Å²) in [5.41, 5.74) is -40.7. The van der Waals surface area contributed by atoms with Gasteiger partial charge in [-0.25, -0.2) is 13.2 Å². The van der Waals surface area contributed by atoms with Crippen molar-refractivity contribution in [2.45, 2.75) is 54.8 Å². The molecule has 0 aromatic rings. The molecule has 1 saturated carbocycles. The Labute approximate surface area is 178 Å². The van der Waals surface area contributed by atoms with Gasteiger partial charge in [-0.15, -0.1) is 0 Å². The zero-order chi connectivity index (χ0) is 30.0. The third kappa shape index (κ3) is 2.80. The zero-order valence-electron chi connectivity index (χ0n) is 15.1. The Morgan fingerprint density at radius 2 is 0.444 bits per heavy atom. The molecule has 0 heterocycles. The van der Waals surface area contributed by atoms with Crippen LogP contribution in [0.2, 0.25) is 0 Å². The molecular formula is C12F24. The van der Waals surface area contributed by atoms with Gasteiger partial charge in [-0.2, -0.15) is 92.2 Å². The van der Waals surface area contributed by atoms with E-state index >= 15 is 0 Å². The second-order valence-corrected chi connectivity index (χ2v) is 6.97. The maximum atomic E-state index is 14.7. The van der Waals surface area contributed by atoms with Crippen LogP contribution in [0.4, 0.5) is 105 Å². The van der Waals surface area contributed by atoms with E-state index in [4.69, 9.17) is 0 Å². The quantitative estimate of drug-likeness (QED) is 0.246. The van der Waals surface area contributed by atoms with Crippen molar-refractivity contribution in [3.63, 3.8) is 0 Å². The van der Waals surface area contributed by atoms with Crippen LogP contribution in [0.5, 0.6) is 0 Å². The van der Waals surface area contributed by atoms with Crippen molar-refractivity contribution >= 4 is 0 Å². The maximum Gasteiger partial charge on any atom is 0.429 e. The molecule has 0 aromatic heterocycles. The molecule has 1 atom stereocenters. The first-order valence-electron chi connectivity index (χ1n) is 7.54. The Morgan fingerprint density at radius 3 is 0.583 bits per heavy atom. The first-order chi connectivity index (χ1) is 15.0.